The number of ether oxygens (including phenoxy) is 1. The summed E-state index contributed by atoms with van der Waals surface area (Å²) in [7, 11) is 0. The predicted octanol–water partition coefficient (Wildman–Crippen LogP) is 5.40. The second-order valence-electron chi connectivity index (χ2n) is 13.3. The Kier molecular flexibility index (Phi) is 8.39. The third-order valence-corrected chi connectivity index (χ3v) is 9.05. The van der Waals surface area contributed by atoms with Crippen LogP contribution in [0.25, 0.3) is 0 Å². The van der Waals surface area contributed by atoms with Crippen molar-refractivity contribution in [3.63, 3.8) is 0 Å². The van der Waals surface area contributed by atoms with E-state index in [1.807, 2.05) is 67.0 Å². The van der Waals surface area contributed by atoms with Gasteiger partial charge in [-0.05, 0) is 100 Å². The highest BCUT2D eigenvalue weighted by molar-refractivity contribution is 6.01. The molecule has 45 heavy (non-hydrogen) atoms. The SMILES string of the molecule is CC(C)(C)OC(=O)c1cccc(CN2CN(c3ccc(F)cc3)C3(CCN(CCCN4C(=O)Cc5ccccc54)CC3)C2=O)c1. The maximum atomic E-state index is 14.2. The van der Waals surface area contributed by atoms with Crippen molar-refractivity contribution in [1.82, 2.24) is 9.80 Å². The number of rotatable bonds is 8. The second kappa shape index (κ2) is 12.3. The van der Waals surface area contributed by atoms with Gasteiger partial charge in [-0.2, -0.15) is 0 Å². The Balaban J connectivity index is 1.14. The topological polar surface area (TPSA) is 73.4 Å². The lowest BCUT2D eigenvalue weighted by Crippen LogP contribution is -2.56. The zero-order chi connectivity index (χ0) is 31.8. The first-order chi connectivity index (χ1) is 21.5. The molecule has 2 amide bonds. The Labute approximate surface area is 264 Å². The third-order valence-electron chi connectivity index (χ3n) is 9.05. The number of piperidine rings is 1. The molecule has 0 atom stereocenters. The number of nitrogens with zero attached hydrogens (tertiary/aromatic N) is 4. The van der Waals surface area contributed by atoms with Gasteiger partial charge >= 0.3 is 5.97 Å². The van der Waals surface area contributed by atoms with Gasteiger partial charge in [0.15, 0.2) is 0 Å². The average Bonchev–Trinajstić information content (AvgIpc) is 3.46. The van der Waals surface area contributed by atoms with Crippen molar-refractivity contribution in [2.75, 3.05) is 42.6 Å². The molecule has 9 heteroatoms. The first kappa shape index (κ1) is 30.8. The summed E-state index contributed by atoms with van der Waals surface area (Å²) in [4.78, 5) is 47.8. The summed E-state index contributed by atoms with van der Waals surface area (Å²) in [5, 5.41) is 0. The van der Waals surface area contributed by atoms with Gasteiger partial charge in [-0.1, -0.05) is 30.3 Å². The van der Waals surface area contributed by atoms with Crippen molar-refractivity contribution < 1.29 is 23.5 Å². The van der Waals surface area contributed by atoms with Crippen LogP contribution in [0.3, 0.4) is 0 Å². The van der Waals surface area contributed by atoms with E-state index in [-0.39, 0.29) is 17.6 Å². The number of fused-ring (bicyclic) bond motifs is 1. The van der Waals surface area contributed by atoms with Crippen LogP contribution in [-0.2, 0) is 27.3 Å². The fraction of sp³-hybridized carbons (Fsp3) is 0.417. The summed E-state index contributed by atoms with van der Waals surface area (Å²) in [5.74, 6) is -0.513. The fourth-order valence-electron chi connectivity index (χ4n) is 6.85. The molecule has 3 aliphatic rings. The molecule has 0 N–H and O–H groups in total. The standard InChI is InChI=1S/C36H41FN4O4/c1-35(2,3)45-33(43)28-10-6-8-26(22-28)24-39-25-41(30-14-12-29(37)13-15-30)36(34(39)44)16-20-38(21-17-36)18-7-19-40-31-11-5-4-9-27(31)23-32(40)42/h4-6,8-15,22H,7,16-21,23-25H2,1-3H3. The van der Waals surface area contributed by atoms with Crippen molar-refractivity contribution in [3.05, 3.63) is 95.3 Å². The number of likely N-dealkylation sites (tertiary alicyclic amines) is 1. The third kappa shape index (κ3) is 6.45. The Morgan fingerprint density at radius 3 is 2.40 bits per heavy atom. The Morgan fingerprint density at radius 2 is 1.67 bits per heavy atom. The quantitative estimate of drug-likeness (QED) is 0.317. The summed E-state index contributed by atoms with van der Waals surface area (Å²) in [6.07, 6.45) is 2.60. The van der Waals surface area contributed by atoms with Crippen LogP contribution in [0.5, 0.6) is 0 Å². The van der Waals surface area contributed by atoms with Crippen LogP contribution in [0, 0.1) is 5.82 Å². The van der Waals surface area contributed by atoms with E-state index < -0.39 is 17.1 Å². The Hall–Kier alpha value is -4.24. The van der Waals surface area contributed by atoms with Gasteiger partial charge in [0.1, 0.15) is 17.0 Å². The number of carbonyl (C=O) groups excluding carboxylic acids is 3. The molecule has 3 aliphatic heterocycles. The fourth-order valence-corrected chi connectivity index (χ4v) is 6.85. The number of halogens is 1. The molecule has 3 aromatic rings. The normalized spacial score (nSPS) is 18.2. The second-order valence-corrected chi connectivity index (χ2v) is 13.3. The summed E-state index contributed by atoms with van der Waals surface area (Å²) in [6.45, 7) is 9.23. The molecule has 2 fully saturated rings. The molecular formula is C36H41FN4O4. The van der Waals surface area contributed by atoms with E-state index in [1.54, 1.807) is 24.3 Å². The van der Waals surface area contributed by atoms with Gasteiger partial charge in [-0.25, -0.2) is 9.18 Å². The lowest BCUT2D eigenvalue weighted by molar-refractivity contribution is -0.134. The van der Waals surface area contributed by atoms with Crippen LogP contribution in [0.15, 0.2) is 72.8 Å². The summed E-state index contributed by atoms with van der Waals surface area (Å²) >= 11 is 0. The molecule has 0 aromatic heterocycles. The van der Waals surface area contributed by atoms with E-state index in [0.717, 1.165) is 48.6 Å². The van der Waals surface area contributed by atoms with Crippen LogP contribution < -0.4 is 9.80 Å². The van der Waals surface area contributed by atoms with Crippen molar-refractivity contribution >= 4 is 29.2 Å². The van der Waals surface area contributed by atoms with Crippen LogP contribution in [-0.4, -0.2) is 71.6 Å². The minimum absolute atomic E-state index is 0.0495. The number of benzene rings is 3. The number of esters is 1. The molecule has 0 saturated carbocycles. The summed E-state index contributed by atoms with van der Waals surface area (Å²) in [5.41, 5.74) is 2.87. The lowest BCUT2D eigenvalue weighted by Gasteiger charge is -2.43. The zero-order valence-electron chi connectivity index (χ0n) is 26.3. The molecule has 1 spiro atoms. The van der Waals surface area contributed by atoms with Gasteiger partial charge < -0.3 is 24.3 Å². The zero-order valence-corrected chi connectivity index (χ0v) is 26.3. The molecule has 0 radical (unpaired) electrons. The molecule has 2 saturated heterocycles. The Bertz CT molecular complexity index is 1580. The van der Waals surface area contributed by atoms with Crippen molar-refractivity contribution in [1.29, 1.82) is 0 Å². The maximum Gasteiger partial charge on any atom is 0.338 e. The smallest absolute Gasteiger partial charge is 0.338 e. The van der Waals surface area contributed by atoms with Gasteiger partial charge in [0, 0.05) is 37.6 Å². The van der Waals surface area contributed by atoms with Crippen LogP contribution in [0.2, 0.25) is 0 Å². The van der Waals surface area contributed by atoms with E-state index in [2.05, 4.69) is 9.80 Å². The first-order valence-electron chi connectivity index (χ1n) is 15.8. The number of carbonyl (C=O) groups is 3. The minimum atomic E-state index is -0.735. The van der Waals surface area contributed by atoms with Crippen LogP contribution in [0.1, 0.15) is 61.5 Å². The van der Waals surface area contributed by atoms with Crippen molar-refractivity contribution in [2.45, 2.75) is 64.1 Å². The van der Waals surface area contributed by atoms with E-state index in [1.165, 1.54) is 12.1 Å². The van der Waals surface area contributed by atoms with E-state index in [0.29, 0.717) is 44.6 Å². The molecule has 0 aliphatic carbocycles. The molecule has 236 valence electrons. The number of hydrogen-bond donors (Lipinski definition) is 0. The van der Waals surface area contributed by atoms with Gasteiger partial charge in [-0.3, -0.25) is 9.59 Å². The van der Waals surface area contributed by atoms with Crippen LogP contribution in [0.4, 0.5) is 15.8 Å². The monoisotopic (exact) mass is 612 g/mol. The highest BCUT2D eigenvalue weighted by atomic mass is 19.1. The molecule has 8 nitrogen and oxygen atoms in total. The molecule has 0 bridgehead atoms. The average molecular weight is 613 g/mol. The number of hydrogen-bond acceptors (Lipinski definition) is 6. The Morgan fingerprint density at radius 1 is 0.933 bits per heavy atom. The highest BCUT2D eigenvalue weighted by Gasteiger charge is 2.53. The van der Waals surface area contributed by atoms with Gasteiger partial charge in [0.25, 0.3) is 0 Å². The van der Waals surface area contributed by atoms with Crippen LogP contribution >= 0.6 is 0 Å². The molecular weight excluding hydrogens is 571 g/mol. The molecule has 0 unspecified atom stereocenters. The summed E-state index contributed by atoms with van der Waals surface area (Å²) < 4.78 is 19.4. The molecule has 3 aromatic carbocycles. The minimum Gasteiger partial charge on any atom is -0.456 e. The molecule has 6 rings (SSSR count). The van der Waals surface area contributed by atoms with Gasteiger partial charge in [-0.15, -0.1) is 0 Å². The number of para-hydroxylation sites is 1. The van der Waals surface area contributed by atoms with E-state index in [9.17, 15) is 18.8 Å². The van der Waals surface area contributed by atoms with E-state index in [4.69, 9.17) is 4.74 Å². The van der Waals surface area contributed by atoms with Crippen molar-refractivity contribution in [3.8, 4) is 0 Å². The maximum absolute atomic E-state index is 14.2. The van der Waals surface area contributed by atoms with E-state index >= 15 is 0 Å². The highest BCUT2D eigenvalue weighted by Crippen LogP contribution is 2.40. The summed E-state index contributed by atoms with van der Waals surface area (Å²) in [6, 6.07) is 21.6. The molecule has 3 heterocycles. The van der Waals surface area contributed by atoms with Gasteiger partial charge in [0.05, 0.1) is 18.7 Å². The predicted molar refractivity (Wildman–Crippen MR) is 171 cm³/mol. The van der Waals surface area contributed by atoms with Gasteiger partial charge in [0.2, 0.25) is 11.8 Å². The largest absolute Gasteiger partial charge is 0.456 e. The van der Waals surface area contributed by atoms with Crippen molar-refractivity contribution in [2.24, 2.45) is 0 Å². The first-order valence-corrected chi connectivity index (χ1v) is 15.8. The number of anilines is 2. The lowest BCUT2D eigenvalue weighted by atomic mass is 9.85. The number of amides is 2.